The van der Waals surface area contributed by atoms with Crippen molar-refractivity contribution >= 4 is 5.96 Å². The van der Waals surface area contributed by atoms with Crippen LogP contribution in [0.4, 0.5) is 0 Å². The van der Waals surface area contributed by atoms with Gasteiger partial charge in [0.25, 0.3) is 0 Å². The van der Waals surface area contributed by atoms with Gasteiger partial charge in [0.1, 0.15) is 0 Å². The molecule has 1 aromatic rings. The molecule has 7 nitrogen and oxygen atoms in total. The smallest absolute Gasteiger partial charge is 0.228 e. The minimum atomic E-state index is 0.284. The quantitative estimate of drug-likeness (QED) is 0.437. The molecule has 0 radical (unpaired) electrons. The predicted octanol–water partition coefficient (Wildman–Crippen LogP) is 2.80. The Bertz CT molecular complexity index is 510. The summed E-state index contributed by atoms with van der Waals surface area (Å²) < 4.78 is 5.27. The standard InChI is InChI=1S/C19H38N6O/c1-7-20-19(22-16(6)11-10-14-25(8-2)9-3)21-13-12-17-23-18(15(4)5)24-26-17/h15-16H,7-14H2,1-6H3,(H2,20,21,22). The fourth-order valence-corrected chi connectivity index (χ4v) is 2.65. The second-order valence-electron chi connectivity index (χ2n) is 6.93. The molecule has 1 rings (SSSR count). The van der Waals surface area contributed by atoms with Gasteiger partial charge in [0.05, 0.1) is 6.54 Å². The predicted molar refractivity (Wildman–Crippen MR) is 108 cm³/mol. The van der Waals surface area contributed by atoms with Gasteiger partial charge in [0, 0.05) is 24.9 Å². The number of hydrogen-bond donors (Lipinski definition) is 2. The maximum Gasteiger partial charge on any atom is 0.228 e. The number of hydrogen-bond acceptors (Lipinski definition) is 5. The molecule has 2 N–H and O–H groups in total. The first-order valence-corrected chi connectivity index (χ1v) is 10.1. The van der Waals surface area contributed by atoms with Crippen molar-refractivity contribution in [1.82, 2.24) is 25.7 Å². The van der Waals surface area contributed by atoms with Crippen molar-refractivity contribution in [3.05, 3.63) is 11.7 Å². The maximum absolute atomic E-state index is 5.27. The van der Waals surface area contributed by atoms with E-state index in [2.05, 4.69) is 72.2 Å². The van der Waals surface area contributed by atoms with E-state index in [4.69, 9.17) is 4.52 Å². The molecule has 1 heterocycles. The number of nitrogens with zero attached hydrogens (tertiary/aromatic N) is 4. The van der Waals surface area contributed by atoms with Crippen molar-refractivity contribution in [2.45, 2.75) is 72.8 Å². The van der Waals surface area contributed by atoms with E-state index in [-0.39, 0.29) is 5.92 Å². The highest BCUT2D eigenvalue weighted by atomic mass is 16.5. The molecule has 1 unspecified atom stereocenters. The van der Waals surface area contributed by atoms with Gasteiger partial charge in [0.2, 0.25) is 5.89 Å². The average molecular weight is 367 g/mol. The summed E-state index contributed by atoms with van der Waals surface area (Å²) >= 11 is 0. The van der Waals surface area contributed by atoms with E-state index in [0.29, 0.717) is 24.9 Å². The summed E-state index contributed by atoms with van der Waals surface area (Å²) in [5.41, 5.74) is 0. The molecule has 0 spiro atoms. The Morgan fingerprint density at radius 2 is 1.92 bits per heavy atom. The number of guanidine groups is 1. The molecule has 0 aliphatic rings. The lowest BCUT2D eigenvalue weighted by molar-refractivity contribution is 0.292. The summed E-state index contributed by atoms with van der Waals surface area (Å²) in [6, 6.07) is 0.388. The second kappa shape index (κ2) is 12.7. The van der Waals surface area contributed by atoms with Gasteiger partial charge in [-0.15, -0.1) is 0 Å². The molecule has 26 heavy (non-hydrogen) atoms. The minimum Gasteiger partial charge on any atom is -0.357 e. The molecule has 0 saturated carbocycles. The normalized spacial score (nSPS) is 13.5. The molecule has 0 aromatic carbocycles. The number of rotatable bonds is 12. The largest absolute Gasteiger partial charge is 0.357 e. The second-order valence-corrected chi connectivity index (χ2v) is 6.93. The molecule has 150 valence electrons. The van der Waals surface area contributed by atoms with Crippen molar-refractivity contribution < 1.29 is 4.52 Å². The lowest BCUT2D eigenvalue weighted by Crippen LogP contribution is -2.42. The number of aromatic nitrogens is 2. The zero-order chi connectivity index (χ0) is 19.4. The monoisotopic (exact) mass is 366 g/mol. The zero-order valence-electron chi connectivity index (χ0n) is 17.5. The fourth-order valence-electron chi connectivity index (χ4n) is 2.65. The van der Waals surface area contributed by atoms with E-state index in [9.17, 15) is 0 Å². The van der Waals surface area contributed by atoms with Gasteiger partial charge in [0.15, 0.2) is 11.8 Å². The van der Waals surface area contributed by atoms with Gasteiger partial charge < -0.3 is 20.1 Å². The summed E-state index contributed by atoms with van der Waals surface area (Å²) in [5, 5.41) is 10.8. The van der Waals surface area contributed by atoms with Gasteiger partial charge in [-0.2, -0.15) is 4.98 Å². The molecule has 0 fully saturated rings. The van der Waals surface area contributed by atoms with Crippen LogP contribution in [0.1, 0.15) is 72.0 Å². The van der Waals surface area contributed by atoms with E-state index in [1.54, 1.807) is 0 Å². The number of nitrogens with one attached hydrogen (secondary N) is 2. The first-order valence-electron chi connectivity index (χ1n) is 10.1. The van der Waals surface area contributed by atoms with Crippen LogP contribution >= 0.6 is 0 Å². The van der Waals surface area contributed by atoms with Crippen LogP contribution in [0.2, 0.25) is 0 Å². The Labute approximate surface area is 159 Å². The van der Waals surface area contributed by atoms with Gasteiger partial charge in [-0.1, -0.05) is 32.9 Å². The zero-order valence-corrected chi connectivity index (χ0v) is 17.5. The first kappa shape index (κ1) is 22.4. The van der Waals surface area contributed by atoms with Crippen LogP contribution in [0.25, 0.3) is 0 Å². The van der Waals surface area contributed by atoms with E-state index in [1.165, 1.54) is 6.42 Å². The van der Waals surface area contributed by atoms with Crippen molar-refractivity contribution in [3.63, 3.8) is 0 Å². The fraction of sp³-hybridized carbons (Fsp3) is 0.842. The van der Waals surface area contributed by atoms with Gasteiger partial charge in [-0.3, -0.25) is 4.99 Å². The molecule has 0 amide bonds. The summed E-state index contributed by atoms with van der Waals surface area (Å²) in [6.45, 7) is 17.7. The van der Waals surface area contributed by atoms with Crippen LogP contribution in [-0.4, -0.2) is 59.8 Å². The van der Waals surface area contributed by atoms with Crippen LogP contribution in [0.15, 0.2) is 9.52 Å². The highest BCUT2D eigenvalue weighted by Gasteiger charge is 2.10. The Morgan fingerprint density at radius 1 is 1.19 bits per heavy atom. The van der Waals surface area contributed by atoms with Crippen LogP contribution in [0.3, 0.4) is 0 Å². The van der Waals surface area contributed by atoms with Crippen LogP contribution in [0.5, 0.6) is 0 Å². The molecular weight excluding hydrogens is 328 g/mol. The molecule has 7 heteroatoms. The maximum atomic E-state index is 5.27. The average Bonchev–Trinajstić information content (AvgIpc) is 3.08. The summed E-state index contributed by atoms with van der Waals surface area (Å²) in [6.07, 6.45) is 2.98. The van der Waals surface area contributed by atoms with E-state index in [1.807, 2.05) is 0 Å². The third-order valence-corrected chi connectivity index (χ3v) is 4.33. The van der Waals surface area contributed by atoms with E-state index < -0.39 is 0 Å². The van der Waals surface area contributed by atoms with Crippen LogP contribution in [-0.2, 0) is 6.42 Å². The van der Waals surface area contributed by atoms with Crippen molar-refractivity contribution in [2.75, 3.05) is 32.7 Å². The molecule has 0 aliphatic carbocycles. The van der Waals surface area contributed by atoms with Crippen molar-refractivity contribution in [3.8, 4) is 0 Å². The Hall–Kier alpha value is -1.63. The van der Waals surface area contributed by atoms with Crippen LogP contribution in [0, 0.1) is 0 Å². The lowest BCUT2D eigenvalue weighted by Gasteiger charge is -2.21. The van der Waals surface area contributed by atoms with Crippen molar-refractivity contribution in [1.29, 1.82) is 0 Å². The Morgan fingerprint density at radius 3 is 2.50 bits per heavy atom. The Balaban J connectivity index is 2.41. The Kier molecular flexibility index (Phi) is 10.9. The van der Waals surface area contributed by atoms with Crippen LogP contribution < -0.4 is 10.6 Å². The van der Waals surface area contributed by atoms with Gasteiger partial charge >= 0.3 is 0 Å². The number of aliphatic imine (C=N–C) groups is 1. The van der Waals surface area contributed by atoms with Gasteiger partial charge in [-0.05, 0) is 46.3 Å². The molecule has 0 bridgehead atoms. The highest BCUT2D eigenvalue weighted by Crippen LogP contribution is 2.09. The molecular formula is C19H38N6O. The summed E-state index contributed by atoms with van der Waals surface area (Å²) in [7, 11) is 0. The molecule has 1 aromatic heterocycles. The molecule has 0 aliphatic heterocycles. The van der Waals surface area contributed by atoms with E-state index in [0.717, 1.165) is 44.4 Å². The molecule has 1 atom stereocenters. The third-order valence-electron chi connectivity index (χ3n) is 4.33. The van der Waals surface area contributed by atoms with E-state index >= 15 is 0 Å². The van der Waals surface area contributed by atoms with Gasteiger partial charge in [-0.25, -0.2) is 0 Å². The minimum absolute atomic E-state index is 0.284. The summed E-state index contributed by atoms with van der Waals surface area (Å²) in [4.78, 5) is 11.5. The van der Waals surface area contributed by atoms with Crippen molar-refractivity contribution in [2.24, 2.45) is 4.99 Å². The topological polar surface area (TPSA) is 78.6 Å². The molecule has 0 saturated heterocycles. The lowest BCUT2D eigenvalue weighted by atomic mass is 10.2. The third kappa shape index (κ3) is 8.65. The SMILES string of the molecule is CCNC(=NCCc1nc(C(C)C)no1)NC(C)CCCN(CC)CC. The highest BCUT2D eigenvalue weighted by molar-refractivity contribution is 5.80. The summed E-state index contributed by atoms with van der Waals surface area (Å²) in [5.74, 6) is 2.55. The first-order chi connectivity index (χ1) is 12.5.